The van der Waals surface area contributed by atoms with Crippen molar-refractivity contribution in [2.45, 2.75) is 25.9 Å². The standard InChI is InChI=1S/C18H21N3O2/c1-13-11-19-10-7-15(13)21-17(23)20-12-18(8-9-18)16(22)14-5-3-2-4-6-14/h2-7,10-11,16,22H,8-9,12H2,1H3,(H2,19,20,21,23). The number of hydrogen-bond donors (Lipinski definition) is 3. The van der Waals surface area contributed by atoms with E-state index in [2.05, 4.69) is 15.6 Å². The number of carbonyl (C=O) groups is 1. The maximum Gasteiger partial charge on any atom is 0.319 e. The normalized spacial score (nSPS) is 16.4. The Balaban J connectivity index is 1.57. The molecule has 5 heteroatoms. The van der Waals surface area contributed by atoms with E-state index in [0.717, 1.165) is 29.7 Å². The van der Waals surface area contributed by atoms with Gasteiger partial charge in [0.05, 0.1) is 6.10 Å². The van der Waals surface area contributed by atoms with Crippen molar-refractivity contribution in [1.29, 1.82) is 0 Å². The van der Waals surface area contributed by atoms with E-state index in [1.165, 1.54) is 0 Å². The fourth-order valence-electron chi connectivity index (χ4n) is 2.73. The van der Waals surface area contributed by atoms with E-state index in [0.29, 0.717) is 6.54 Å². The van der Waals surface area contributed by atoms with Crippen LogP contribution < -0.4 is 10.6 Å². The van der Waals surface area contributed by atoms with Gasteiger partial charge >= 0.3 is 6.03 Å². The minimum absolute atomic E-state index is 0.244. The third-order valence-electron chi connectivity index (χ3n) is 4.46. The highest BCUT2D eigenvalue weighted by molar-refractivity contribution is 5.89. The number of rotatable bonds is 5. The van der Waals surface area contributed by atoms with Crippen LogP contribution in [0.4, 0.5) is 10.5 Å². The summed E-state index contributed by atoms with van der Waals surface area (Å²) in [5.74, 6) is 0. The summed E-state index contributed by atoms with van der Waals surface area (Å²) in [5, 5.41) is 16.3. The number of hydrogen-bond acceptors (Lipinski definition) is 3. The molecule has 1 aliphatic carbocycles. The van der Waals surface area contributed by atoms with E-state index >= 15 is 0 Å². The van der Waals surface area contributed by atoms with Crippen molar-refractivity contribution >= 4 is 11.7 Å². The summed E-state index contributed by atoms with van der Waals surface area (Å²) in [4.78, 5) is 16.1. The average molecular weight is 311 g/mol. The molecule has 23 heavy (non-hydrogen) atoms. The number of amides is 2. The highest BCUT2D eigenvalue weighted by Gasteiger charge is 2.49. The summed E-state index contributed by atoms with van der Waals surface area (Å²) in [6.45, 7) is 2.35. The van der Waals surface area contributed by atoms with E-state index in [1.54, 1.807) is 18.5 Å². The van der Waals surface area contributed by atoms with Crippen molar-refractivity contribution in [1.82, 2.24) is 10.3 Å². The molecule has 3 rings (SSSR count). The molecule has 0 radical (unpaired) electrons. The van der Waals surface area contributed by atoms with Crippen molar-refractivity contribution in [3.63, 3.8) is 0 Å². The topological polar surface area (TPSA) is 74.2 Å². The van der Waals surface area contributed by atoms with Crippen LogP contribution in [0.5, 0.6) is 0 Å². The number of nitrogens with zero attached hydrogens (tertiary/aromatic N) is 1. The molecule has 2 aromatic rings. The van der Waals surface area contributed by atoms with Crippen LogP contribution in [0, 0.1) is 12.3 Å². The minimum atomic E-state index is -0.549. The van der Waals surface area contributed by atoms with Gasteiger partial charge in [-0.1, -0.05) is 30.3 Å². The molecule has 120 valence electrons. The van der Waals surface area contributed by atoms with Gasteiger partial charge in [-0.15, -0.1) is 0 Å². The number of anilines is 1. The summed E-state index contributed by atoms with van der Waals surface area (Å²) in [5.41, 5.74) is 2.31. The Bertz CT molecular complexity index is 684. The molecule has 0 spiro atoms. The predicted molar refractivity (Wildman–Crippen MR) is 89.1 cm³/mol. The Hall–Kier alpha value is -2.40. The van der Waals surface area contributed by atoms with Gasteiger partial charge in [-0.25, -0.2) is 4.79 Å². The second-order valence-corrected chi connectivity index (χ2v) is 6.17. The second-order valence-electron chi connectivity index (χ2n) is 6.17. The van der Waals surface area contributed by atoms with Crippen molar-refractivity contribution in [3.8, 4) is 0 Å². The highest BCUT2D eigenvalue weighted by atomic mass is 16.3. The molecule has 1 aromatic carbocycles. The maximum atomic E-state index is 12.1. The molecule has 0 saturated heterocycles. The van der Waals surface area contributed by atoms with E-state index in [9.17, 15) is 9.90 Å². The molecular weight excluding hydrogens is 290 g/mol. The number of benzene rings is 1. The third kappa shape index (κ3) is 3.51. The lowest BCUT2D eigenvalue weighted by molar-refractivity contribution is 0.0936. The van der Waals surface area contributed by atoms with E-state index in [1.807, 2.05) is 37.3 Å². The van der Waals surface area contributed by atoms with Crippen molar-refractivity contribution in [2.75, 3.05) is 11.9 Å². The molecule has 2 amide bonds. The largest absolute Gasteiger partial charge is 0.388 e. The molecule has 1 atom stereocenters. The van der Waals surface area contributed by atoms with Crippen molar-refractivity contribution in [3.05, 3.63) is 59.9 Å². The van der Waals surface area contributed by atoms with Crippen LogP contribution in [-0.4, -0.2) is 22.7 Å². The molecule has 0 aliphatic heterocycles. The molecule has 1 aromatic heterocycles. The fraction of sp³-hybridized carbons (Fsp3) is 0.333. The number of carbonyl (C=O) groups excluding carboxylic acids is 1. The van der Waals surface area contributed by atoms with Gasteiger partial charge in [0.25, 0.3) is 0 Å². The predicted octanol–water partition coefficient (Wildman–Crippen LogP) is 3.03. The Morgan fingerprint density at radius 3 is 2.70 bits per heavy atom. The lowest BCUT2D eigenvalue weighted by Gasteiger charge is -2.23. The third-order valence-corrected chi connectivity index (χ3v) is 4.46. The monoisotopic (exact) mass is 311 g/mol. The first-order valence-electron chi connectivity index (χ1n) is 7.79. The zero-order chi connectivity index (χ0) is 16.3. The summed E-state index contributed by atoms with van der Waals surface area (Å²) in [7, 11) is 0. The van der Waals surface area contributed by atoms with Crippen LogP contribution in [-0.2, 0) is 0 Å². The average Bonchev–Trinajstić information content (AvgIpc) is 3.36. The van der Waals surface area contributed by atoms with Crippen LogP contribution in [0.15, 0.2) is 48.8 Å². The zero-order valence-corrected chi connectivity index (χ0v) is 13.1. The lowest BCUT2D eigenvalue weighted by atomic mass is 9.93. The number of nitrogens with one attached hydrogen (secondary N) is 2. The van der Waals surface area contributed by atoms with Gasteiger partial charge in [0, 0.05) is 30.0 Å². The maximum absolute atomic E-state index is 12.1. The molecule has 1 fully saturated rings. The van der Waals surface area contributed by atoms with Gasteiger partial charge < -0.3 is 15.7 Å². The Morgan fingerprint density at radius 2 is 2.04 bits per heavy atom. The van der Waals surface area contributed by atoms with E-state index < -0.39 is 6.10 Å². The number of urea groups is 1. The number of aromatic nitrogens is 1. The van der Waals surface area contributed by atoms with Crippen LogP contribution in [0.2, 0.25) is 0 Å². The summed E-state index contributed by atoms with van der Waals surface area (Å²) in [6.07, 6.45) is 4.63. The highest BCUT2D eigenvalue weighted by Crippen LogP contribution is 2.54. The molecule has 1 saturated carbocycles. The number of pyridine rings is 1. The number of aliphatic hydroxyl groups excluding tert-OH is 1. The van der Waals surface area contributed by atoms with Gasteiger partial charge in [0.1, 0.15) is 0 Å². The Kier molecular flexibility index (Phi) is 4.30. The Morgan fingerprint density at radius 1 is 1.30 bits per heavy atom. The van der Waals surface area contributed by atoms with Gasteiger partial charge in [-0.05, 0) is 37.0 Å². The molecule has 5 nitrogen and oxygen atoms in total. The van der Waals surface area contributed by atoms with Gasteiger partial charge in [0.2, 0.25) is 0 Å². The van der Waals surface area contributed by atoms with Crippen LogP contribution in [0.25, 0.3) is 0 Å². The quantitative estimate of drug-likeness (QED) is 0.794. The number of aryl methyl sites for hydroxylation is 1. The van der Waals surface area contributed by atoms with Gasteiger partial charge in [-0.2, -0.15) is 0 Å². The summed E-state index contributed by atoms with van der Waals surface area (Å²) < 4.78 is 0. The summed E-state index contributed by atoms with van der Waals surface area (Å²) in [6, 6.07) is 11.1. The van der Waals surface area contributed by atoms with Gasteiger partial charge in [-0.3, -0.25) is 4.98 Å². The fourth-order valence-corrected chi connectivity index (χ4v) is 2.73. The molecule has 1 heterocycles. The summed E-state index contributed by atoms with van der Waals surface area (Å²) >= 11 is 0. The molecule has 0 bridgehead atoms. The lowest BCUT2D eigenvalue weighted by Crippen LogP contribution is -2.36. The first kappa shape index (κ1) is 15.5. The van der Waals surface area contributed by atoms with Crippen LogP contribution in [0.1, 0.15) is 30.1 Å². The van der Waals surface area contributed by atoms with E-state index in [-0.39, 0.29) is 11.4 Å². The molecular formula is C18H21N3O2. The smallest absolute Gasteiger partial charge is 0.319 e. The van der Waals surface area contributed by atoms with E-state index in [4.69, 9.17) is 0 Å². The second kappa shape index (κ2) is 6.38. The Labute approximate surface area is 135 Å². The van der Waals surface area contributed by atoms with Crippen LogP contribution >= 0.6 is 0 Å². The molecule has 1 unspecified atom stereocenters. The molecule has 1 aliphatic rings. The zero-order valence-electron chi connectivity index (χ0n) is 13.1. The SMILES string of the molecule is Cc1cnccc1NC(=O)NCC1(C(O)c2ccccc2)CC1. The first-order chi connectivity index (χ1) is 11.1. The van der Waals surface area contributed by atoms with Gasteiger partial charge in [0.15, 0.2) is 0 Å². The van der Waals surface area contributed by atoms with Crippen molar-refractivity contribution in [2.24, 2.45) is 5.41 Å². The number of aliphatic hydroxyl groups is 1. The first-order valence-corrected chi connectivity index (χ1v) is 7.79. The minimum Gasteiger partial charge on any atom is -0.388 e. The molecule has 3 N–H and O–H groups in total. The van der Waals surface area contributed by atoms with Crippen molar-refractivity contribution < 1.29 is 9.90 Å². The van der Waals surface area contributed by atoms with Crippen LogP contribution in [0.3, 0.4) is 0 Å².